The van der Waals surface area contributed by atoms with Crippen molar-refractivity contribution in [1.29, 1.82) is 0 Å². The van der Waals surface area contributed by atoms with Crippen LogP contribution in [-0.2, 0) is 9.53 Å². The zero-order valence-electron chi connectivity index (χ0n) is 12.6. The molecule has 1 aromatic rings. The molecule has 124 valence electrons. The van der Waals surface area contributed by atoms with Crippen molar-refractivity contribution in [1.82, 2.24) is 5.32 Å². The Balaban J connectivity index is 0.00000242. The van der Waals surface area contributed by atoms with E-state index in [-0.39, 0.29) is 24.4 Å². The van der Waals surface area contributed by atoms with Gasteiger partial charge in [-0.05, 0) is 38.1 Å². The Labute approximate surface area is 142 Å². The smallest absolute Gasteiger partial charge is 0.225 e. The second-order valence-electron chi connectivity index (χ2n) is 4.99. The number of carbonyl (C=O) groups is 1. The third-order valence-electron chi connectivity index (χ3n) is 3.27. The lowest BCUT2D eigenvalue weighted by Crippen LogP contribution is -2.20. The molecule has 1 amide bonds. The highest BCUT2D eigenvalue weighted by Crippen LogP contribution is 2.29. The second kappa shape index (κ2) is 9.90. The lowest BCUT2D eigenvalue weighted by molar-refractivity contribution is -0.116. The van der Waals surface area contributed by atoms with E-state index in [4.69, 9.17) is 21.1 Å². The minimum Gasteiger partial charge on any atom is -0.489 e. The average molecular weight is 349 g/mol. The molecule has 5 nitrogen and oxygen atoms in total. The number of carbonyl (C=O) groups excluding carboxylic acids is 1. The van der Waals surface area contributed by atoms with Crippen LogP contribution in [0.25, 0.3) is 0 Å². The van der Waals surface area contributed by atoms with E-state index in [0.717, 1.165) is 19.4 Å². The maximum Gasteiger partial charge on any atom is 0.225 e. The standard InChI is InChI=1S/C15H21ClN2O3.ClH/c1-17-7-6-15(19)18-13-9-11(16)4-5-14(13)21-10-12-3-2-8-20-12;/h4-5,9,12,17H,2-3,6-8,10H2,1H3,(H,18,19);1H. The highest BCUT2D eigenvalue weighted by molar-refractivity contribution is 6.31. The van der Waals surface area contributed by atoms with Crippen LogP contribution in [0.1, 0.15) is 19.3 Å². The first-order valence-electron chi connectivity index (χ1n) is 7.17. The van der Waals surface area contributed by atoms with Gasteiger partial charge >= 0.3 is 0 Å². The Morgan fingerprint density at radius 1 is 1.50 bits per heavy atom. The highest BCUT2D eigenvalue weighted by Gasteiger charge is 2.17. The van der Waals surface area contributed by atoms with E-state index in [1.54, 1.807) is 18.2 Å². The molecule has 1 saturated heterocycles. The van der Waals surface area contributed by atoms with Gasteiger partial charge in [-0.1, -0.05) is 11.6 Å². The summed E-state index contributed by atoms with van der Waals surface area (Å²) in [5.74, 6) is 0.543. The largest absolute Gasteiger partial charge is 0.489 e. The van der Waals surface area contributed by atoms with Crippen molar-refractivity contribution in [3.05, 3.63) is 23.2 Å². The van der Waals surface area contributed by atoms with Crippen molar-refractivity contribution in [3.8, 4) is 5.75 Å². The van der Waals surface area contributed by atoms with E-state index < -0.39 is 0 Å². The van der Waals surface area contributed by atoms with Crippen LogP contribution in [0.15, 0.2) is 18.2 Å². The second-order valence-corrected chi connectivity index (χ2v) is 5.42. The first-order chi connectivity index (χ1) is 10.2. The van der Waals surface area contributed by atoms with E-state index >= 15 is 0 Å². The van der Waals surface area contributed by atoms with E-state index in [9.17, 15) is 4.79 Å². The minimum absolute atomic E-state index is 0. The van der Waals surface area contributed by atoms with Gasteiger partial charge in [0.2, 0.25) is 5.91 Å². The van der Waals surface area contributed by atoms with Crippen LogP contribution in [0.4, 0.5) is 5.69 Å². The first-order valence-corrected chi connectivity index (χ1v) is 7.55. The van der Waals surface area contributed by atoms with Crippen molar-refractivity contribution >= 4 is 35.6 Å². The molecule has 0 saturated carbocycles. The molecule has 7 heteroatoms. The Kier molecular flexibility index (Phi) is 8.56. The Morgan fingerprint density at radius 2 is 2.32 bits per heavy atom. The van der Waals surface area contributed by atoms with Gasteiger partial charge in [0, 0.05) is 24.6 Å². The molecule has 1 aliphatic rings. The van der Waals surface area contributed by atoms with Gasteiger partial charge in [-0.15, -0.1) is 12.4 Å². The summed E-state index contributed by atoms with van der Waals surface area (Å²) in [4.78, 5) is 11.8. The quantitative estimate of drug-likeness (QED) is 0.795. The van der Waals surface area contributed by atoms with Crippen LogP contribution in [0.3, 0.4) is 0 Å². The molecule has 1 heterocycles. The molecule has 0 bridgehead atoms. The predicted molar refractivity (Wildman–Crippen MR) is 90.3 cm³/mol. The van der Waals surface area contributed by atoms with Crippen molar-refractivity contribution in [2.24, 2.45) is 0 Å². The van der Waals surface area contributed by atoms with Crippen molar-refractivity contribution in [2.75, 3.05) is 32.1 Å². The van der Waals surface area contributed by atoms with Gasteiger partial charge in [0.15, 0.2) is 0 Å². The van der Waals surface area contributed by atoms with Crippen molar-refractivity contribution < 1.29 is 14.3 Å². The Hall–Kier alpha value is -1.01. The molecule has 22 heavy (non-hydrogen) atoms. The molecule has 1 aromatic carbocycles. The number of amides is 1. The number of nitrogens with one attached hydrogen (secondary N) is 2. The maximum atomic E-state index is 11.8. The molecule has 2 rings (SSSR count). The Bertz CT molecular complexity index is 480. The molecular formula is C15H22Cl2N2O3. The summed E-state index contributed by atoms with van der Waals surface area (Å²) in [6.07, 6.45) is 2.61. The molecule has 2 N–H and O–H groups in total. The summed E-state index contributed by atoms with van der Waals surface area (Å²) < 4.78 is 11.3. The zero-order valence-corrected chi connectivity index (χ0v) is 14.1. The van der Waals surface area contributed by atoms with Crippen molar-refractivity contribution in [2.45, 2.75) is 25.4 Å². The summed E-state index contributed by atoms with van der Waals surface area (Å²) in [7, 11) is 1.81. The highest BCUT2D eigenvalue weighted by atomic mass is 35.5. The number of halogens is 2. The van der Waals surface area contributed by atoms with E-state index in [2.05, 4.69) is 10.6 Å². The summed E-state index contributed by atoms with van der Waals surface area (Å²) in [5, 5.41) is 6.33. The summed E-state index contributed by atoms with van der Waals surface area (Å²) in [5.41, 5.74) is 0.599. The summed E-state index contributed by atoms with van der Waals surface area (Å²) in [6.45, 7) is 1.90. The summed E-state index contributed by atoms with van der Waals surface area (Å²) in [6, 6.07) is 5.21. The molecule has 0 aromatic heterocycles. The SMILES string of the molecule is CNCCC(=O)Nc1cc(Cl)ccc1OCC1CCCO1.Cl. The fraction of sp³-hybridized carbons (Fsp3) is 0.533. The van der Waals surface area contributed by atoms with E-state index in [0.29, 0.717) is 36.0 Å². The minimum atomic E-state index is -0.0754. The number of hydrogen-bond donors (Lipinski definition) is 2. The van der Waals surface area contributed by atoms with Gasteiger partial charge in [-0.25, -0.2) is 0 Å². The van der Waals surface area contributed by atoms with Crippen LogP contribution < -0.4 is 15.4 Å². The number of benzene rings is 1. The van der Waals surface area contributed by atoms with Crippen molar-refractivity contribution in [3.63, 3.8) is 0 Å². The van der Waals surface area contributed by atoms with Gasteiger partial charge in [-0.3, -0.25) is 4.79 Å². The first kappa shape index (κ1) is 19.0. The zero-order chi connectivity index (χ0) is 15.1. The molecule has 1 atom stereocenters. The lowest BCUT2D eigenvalue weighted by atomic mass is 10.2. The molecule has 1 unspecified atom stereocenters. The monoisotopic (exact) mass is 348 g/mol. The van der Waals surface area contributed by atoms with Crippen LogP contribution in [0.5, 0.6) is 5.75 Å². The van der Waals surface area contributed by atoms with Crippen LogP contribution in [0, 0.1) is 0 Å². The fourth-order valence-corrected chi connectivity index (χ4v) is 2.31. The lowest BCUT2D eigenvalue weighted by Gasteiger charge is -2.15. The van der Waals surface area contributed by atoms with Gasteiger partial charge < -0.3 is 20.1 Å². The molecule has 1 fully saturated rings. The fourth-order valence-electron chi connectivity index (χ4n) is 2.14. The van der Waals surface area contributed by atoms with Crippen LogP contribution >= 0.6 is 24.0 Å². The predicted octanol–water partition coefficient (Wildman–Crippen LogP) is 2.87. The number of rotatable bonds is 7. The average Bonchev–Trinajstić information content (AvgIpc) is 2.97. The van der Waals surface area contributed by atoms with E-state index in [1.165, 1.54) is 0 Å². The molecule has 0 radical (unpaired) electrons. The molecule has 0 spiro atoms. The topological polar surface area (TPSA) is 59.6 Å². The molecular weight excluding hydrogens is 327 g/mol. The molecule has 0 aliphatic carbocycles. The van der Waals surface area contributed by atoms with Gasteiger partial charge in [0.25, 0.3) is 0 Å². The third-order valence-corrected chi connectivity index (χ3v) is 3.50. The summed E-state index contributed by atoms with van der Waals surface area (Å²) >= 11 is 5.99. The number of ether oxygens (including phenoxy) is 2. The maximum absolute atomic E-state index is 11.8. The number of hydrogen-bond acceptors (Lipinski definition) is 4. The molecule has 1 aliphatic heterocycles. The van der Waals surface area contributed by atoms with E-state index in [1.807, 2.05) is 7.05 Å². The van der Waals surface area contributed by atoms with Crippen LogP contribution in [0.2, 0.25) is 5.02 Å². The van der Waals surface area contributed by atoms with Gasteiger partial charge in [0.05, 0.1) is 11.8 Å². The number of anilines is 1. The van der Waals surface area contributed by atoms with Gasteiger partial charge in [-0.2, -0.15) is 0 Å². The van der Waals surface area contributed by atoms with Crippen LogP contribution in [-0.4, -0.2) is 38.8 Å². The Morgan fingerprint density at radius 3 is 3.00 bits per heavy atom. The third kappa shape index (κ3) is 6.01. The normalized spacial score (nSPS) is 16.9. The van der Waals surface area contributed by atoms with Gasteiger partial charge in [0.1, 0.15) is 12.4 Å².